The first-order valence-corrected chi connectivity index (χ1v) is 13.4. The van der Waals surface area contributed by atoms with Crippen molar-refractivity contribution in [1.82, 2.24) is 30.9 Å². The van der Waals surface area contributed by atoms with Crippen molar-refractivity contribution in [1.29, 1.82) is 0 Å². The number of hydrogen-bond donors (Lipinski definition) is 9. The van der Waals surface area contributed by atoms with E-state index in [2.05, 4.69) is 30.9 Å². The molecule has 0 aliphatic carbocycles. The molecule has 0 aliphatic rings. The van der Waals surface area contributed by atoms with Gasteiger partial charge in [-0.3, -0.25) is 24.0 Å². The van der Waals surface area contributed by atoms with Gasteiger partial charge in [-0.05, 0) is 30.9 Å². The molecule has 230 valence electrons. The van der Waals surface area contributed by atoms with Gasteiger partial charge < -0.3 is 47.6 Å². The Morgan fingerprint density at radius 3 is 2.14 bits per heavy atom. The number of rotatable bonds is 17. The number of primary amides is 1. The number of carboxylic acid groups (broad SMARTS) is 2. The number of carbonyl (C=O) groups is 6. The van der Waals surface area contributed by atoms with Crippen molar-refractivity contribution >= 4 is 46.5 Å². The van der Waals surface area contributed by atoms with Crippen molar-refractivity contribution in [3.63, 3.8) is 0 Å². The summed E-state index contributed by atoms with van der Waals surface area (Å²) in [7, 11) is 0. The van der Waals surface area contributed by atoms with Crippen molar-refractivity contribution in [3.05, 3.63) is 54.2 Å². The maximum atomic E-state index is 13.4. The number of para-hydroxylation sites is 1. The predicted molar refractivity (Wildman–Crippen MR) is 151 cm³/mol. The van der Waals surface area contributed by atoms with Crippen LogP contribution in [0.2, 0.25) is 0 Å². The van der Waals surface area contributed by atoms with E-state index in [1.165, 1.54) is 12.5 Å². The SMILES string of the molecule is NC(=O)CCC(NC(=O)C(N)Cc1c[nH]c2ccccc12)C(=O)NC(Cc1cnc[nH]1)C(=O)NC(CCC(=O)O)C(=O)O. The van der Waals surface area contributed by atoms with Crippen LogP contribution in [0.15, 0.2) is 43.0 Å². The fraction of sp³-hybridized carbons (Fsp3) is 0.370. The van der Waals surface area contributed by atoms with Crippen LogP contribution in [0, 0.1) is 0 Å². The highest BCUT2D eigenvalue weighted by molar-refractivity contribution is 5.95. The summed E-state index contributed by atoms with van der Waals surface area (Å²) in [6.45, 7) is 0. The van der Waals surface area contributed by atoms with Crippen LogP contribution in [-0.4, -0.2) is 84.9 Å². The van der Waals surface area contributed by atoms with Gasteiger partial charge in [0.2, 0.25) is 23.6 Å². The summed E-state index contributed by atoms with van der Waals surface area (Å²) in [5.74, 6) is -5.91. The monoisotopic (exact) mass is 598 g/mol. The first kappa shape index (κ1) is 32.3. The lowest BCUT2D eigenvalue weighted by atomic mass is 10.0. The molecule has 2 heterocycles. The molecule has 3 rings (SSSR count). The van der Waals surface area contributed by atoms with Crippen LogP contribution in [0.1, 0.15) is 36.9 Å². The summed E-state index contributed by atoms with van der Waals surface area (Å²) >= 11 is 0. The number of amides is 4. The number of carboxylic acids is 2. The van der Waals surface area contributed by atoms with E-state index < -0.39 is 72.6 Å². The molecule has 0 saturated heterocycles. The van der Waals surface area contributed by atoms with E-state index in [0.29, 0.717) is 5.69 Å². The molecule has 2 aromatic heterocycles. The molecule has 4 amide bonds. The molecule has 11 N–H and O–H groups in total. The molecule has 0 bridgehead atoms. The summed E-state index contributed by atoms with van der Waals surface area (Å²) < 4.78 is 0. The second-order valence-electron chi connectivity index (χ2n) is 9.91. The summed E-state index contributed by atoms with van der Waals surface area (Å²) in [6, 6.07) is 2.13. The van der Waals surface area contributed by atoms with Crippen LogP contribution >= 0.6 is 0 Å². The van der Waals surface area contributed by atoms with Gasteiger partial charge in [-0.2, -0.15) is 0 Å². The smallest absolute Gasteiger partial charge is 0.326 e. The third-order valence-electron chi connectivity index (χ3n) is 6.64. The van der Waals surface area contributed by atoms with Crippen LogP contribution in [0.3, 0.4) is 0 Å². The Labute approximate surface area is 245 Å². The minimum atomic E-state index is -1.54. The Balaban J connectivity index is 1.74. The highest BCUT2D eigenvalue weighted by Gasteiger charge is 2.31. The van der Waals surface area contributed by atoms with Gasteiger partial charge in [0.1, 0.15) is 18.1 Å². The topological polar surface area (TPSA) is 275 Å². The zero-order chi connectivity index (χ0) is 31.5. The van der Waals surface area contributed by atoms with E-state index in [9.17, 15) is 33.9 Å². The van der Waals surface area contributed by atoms with Gasteiger partial charge in [-0.25, -0.2) is 9.78 Å². The van der Waals surface area contributed by atoms with Gasteiger partial charge >= 0.3 is 11.9 Å². The van der Waals surface area contributed by atoms with Crippen molar-refractivity contribution in [3.8, 4) is 0 Å². The molecule has 0 fully saturated rings. The van der Waals surface area contributed by atoms with E-state index in [1.807, 2.05) is 24.3 Å². The molecule has 4 unspecified atom stereocenters. The number of aromatic amines is 2. The Kier molecular flexibility index (Phi) is 11.3. The van der Waals surface area contributed by atoms with Gasteiger partial charge in [-0.15, -0.1) is 0 Å². The molecule has 1 aromatic carbocycles. The van der Waals surface area contributed by atoms with Gasteiger partial charge in [0, 0.05) is 48.3 Å². The van der Waals surface area contributed by atoms with E-state index in [-0.39, 0.29) is 25.7 Å². The zero-order valence-corrected chi connectivity index (χ0v) is 23.0. The lowest BCUT2D eigenvalue weighted by Crippen LogP contribution is -2.58. The fourth-order valence-corrected chi connectivity index (χ4v) is 4.36. The Morgan fingerprint density at radius 1 is 0.837 bits per heavy atom. The molecular formula is C27H34N8O8. The number of carbonyl (C=O) groups excluding carboxylic acids is 4. The molecule has 0 radical (unpaired) electrons. The minimum Gasteiger partial charge on any atom is -0.481 e. The molecule has 0 spiro atoms. The Bertz CT molecular complexity index is 1450. The van der Waals surface area contributed by atoms with Crippen molar-refractivity contribution in [2.24, 2.45) is 11.5 Å². The summed E-state index contributed by atoms with van der Waals surface area (Å²) in [5, 5.41) is 26.5. The first-order chi connectivity index (χ1) is 20.4. The molecule has 3 aromatic rings. The van der Waals surface area contributed by atoms with E-state index in [0.717, 1.165) is 16.5 Å². The van der Waals surface area contributed by atoms with Crippen molar-refractivity contribution in [2.75, 3.05) is 0 Å². The fourth-order valence-electron chi connectivity index (χ4n) is 4.36. The third-order valence-corrected chi connectivity index (χ3v) is 6.64. The van der Waals surface area contributed by atoms with Gasteiger partial charge in [0.25, 0.3) is 0 Å². The van der Waals surface area contributed by atoms with Crippen molar-refractivity contribution in [2.45, 2.75) is 62.7 Å². The Morgan fingerprint density at radius 2 is 1.49 bits per heavy atom. The summed E-state index contributed by atoms with van der Waals surface area (Å²) in [6.07, 6.45) is 3.05. The summed E-state index contributed by atoms with van der Waals surface area (Å²) in [5.41, 5.74) is 13.5. The lowest BCUT2D eigenvalue weighted by Gasteiger charge is -2.25. The molecule has 0 aliphatic heterocycles. The molecule has 0 saturated carbocycles. The van der Waals surface area contributed by atoms with Gasteiger partial charge in [0.05, 0.1) is 12.4 Å². The second-order valence-corrected chi connectivity index (χ2v) is 9.91. The average molecular weight is 599 g/mol. The number of benzene rings is 1. The quantitative estimate of drug-likeness (QED) is 0.0883. The zero-order valence-electron chi connectivity index (χ0n) is 23.0. The predicted octanol–water partition coefficient (Wildman–Crippen LogP) is -1.33. The van der Waals surface area contributed by atoms with Crippen LogP contribution in [0.5, 0.6) is 0 Å². The van der Waals surface area contributed by atoms with Gasteiger partial charge in [0.15, 0.2) is 0 Å². The molecule has 4 atom stereocenters. The van der Waals surface area contributed by atoms with Crippen LogP contribution in [-0.2, 0) is 41.6 Å². The van der Waals surface area contributed by atoms with E-state index in [1.54, 1.807) is 6.20 Å². The number of nitrogens with two attached hydrogens (primary N) is 2. The molecule has 43 heavy (non-hydrogen) atoms. The number of imidazole rings is 1. The number of nitrogens with zero attached hydrogens (tertiary/aromatic N) is 1. The van der Waals surface area contributed by atoms with Crippen molar-refractivity contribution < 1.29 is 39.0 Å². The molecular weight excluding hydrogens is 564 g/mol. The first-order valence-electron chi connectivity index (χ1n) is 13.4. The maximum Gasteiger partial charge on any atom is 0.326 e. The summed E-state index contributed by atoms with van der Waals surface area (Å²) in [4.78, 5) is 83.3. The molecule has 16 heteroatoms. The normalized spacial score (nSPS) is 13.8. The second kappa shape index (κ2) is 15.1. The van der Waals surface area contributed by atoms with E-state index >= 15 is 0 Å². The van der Waals surface area contributed by atoms with Crippen LogP contribution in [0.4, 0.5) is 0 Å². The van der Waals surface area contributed by atoms with E-state index in [4.69, 9.17) is 16.6 Å². The number of aromatic nitrogens is 3. The third kappa shape index (κ3) is 9.67. The number of fused-ring (bicyclic) bond motifs is 1. The average Bonchev–Trinajstić information content (AvgIpc) is 3.62. The number of nitrogens with one attached hydrogen (secondary N) is 5. The number of hydrogen-bond acceptors (Lipinski definition) is 8. The maximum absolute atomic E-state index is 13.4. The van der Waals surface area contributed by atoms with Gasteiger partial charge in [-0.1, -0.05) is 18.2 Å². The number of aliphatic carboxylic acids is 2. The van der Waals surface area contributed by atoms with Crippen LogP contribution < -0.4 is 27.4 Å². The Hall–Kier alpha value is -5.25. The number of H-pyrrole nitrogens is 2. The standard InChI is InChI=1S/C27H34N8O8/c28-17(9-14-11-31-18-4-2-1-3-16(14)18)24(39)33-19(5-7-22(29)36)25(40)35-21(10-15-12-30-13-32-15)26(41)34-20(27(42)43)6-8-23(37)38/h1-4,11-13,17,19-21,31H,5-10,28H2,(H2,29,36)(H,30,32)(H,33,39)(H,34,41)(H,35,40)(H,37,38)(H,42,43). The largest absolute Gasteiger partial charge is 0.481 e. The highest BCUT2D eigenvalue weighted by atomic mass is 16.4. The van der Waals surface area contributed by atoms with Crippen LogP contribution in [0.25, 0.3) is 10.9 Å². The minimum absolute atomic E-state index is 0.137. The highest BCUT2D eigenvalue weighted by Crippen LogP contribution is 2.19. The molecule has 16 nitrogen and oxygen atoms in total. The lowest BCUT2D eigenvalue weighted by molar-refractivity contribution is -0.143.